The number of hydrogen-bond donors (Lipinski definition) is 0. The molecule has 0 saturated carbocycles. The highest BCUT2D eigenvalue weighted by molar-refractivity contribution is 9.09. The smallest absolute Gasteiger partial charge is 0.119 e. The Kier molecular flexibility index (Phi) is 3.60. The fourth-order valence-electron chi connectivity index (χ4n) is 1.15. The zero-order valence-corrected chi connectivity index (χ0v) is 9.02. The maximum atomic E-state index is 5.14. The normalized spacial score (nSPS) is 9.92. The lowest BCUT2D eigenvalue weighted by Gasteiger charge is -2.06. The number of alkyl halides is 1. The van der Waals surface area contributed by atoms with Gasteiger partial charge in [0.1, 0.15) is 5.75 Å². The molecule has 0 unspecified atom stereocenters. The van der Waals surface area contributed by atoms with Gasteiger partial charge in [0.25, 0.3) is 0 Å². The first-order chi connectivity index (χ1) is 5.77. The highest BCUT2D eigenvalue weighted by Gasteiger charge is 1.98. The number of aryl methyl sites for hydroxylation is 2. The Morgan fingerprint density at radius 3 is 2.75 bits per heavy atom. The van der Waals surface area contributed by atoms with Crippen molar-refractivity contribution < 1.29 is 4.74 Å². The van der Waals surface area contributed by atoms with Gasteiger partial charge in [-0.15, -0.1) is 0 Å². The summed E-state index contributed by atoms with van der Waals surface area (Å²) in [6.45, 7) is 2.12. The first-order valence-electron chi connectivity index (χ1n) is 3.97. The van der Waals surface area contributed by atoms with E-state index in [4.69, 9.17) is 4.74 Å². The van der Waals surface area contributed by atoms with Crippen LogP contribution in [0.4, 0.5) is 0 Å². The van der Waals surface area contributed by atoms with Gasteiger partial charge in [0.05, 0.1) is 7.11 Å². The van der Waals surface area contributed by atoms with Crippen LogP contribution >= 0.6 is 15.9 Å². The van der Waals surface area contributed by atoms with Crippen molar-refractivity contribution in [2.45, 2.75) is 13.3 Å². The predicted molar refractivity (Wildman–Crippen MR) is 55.2 cm³/mol. The molecule has 1 aromatic rings. The van der Waals surface area contributed by atoms with E-state index in [-0.39, 0.29) is 0 Å². The maximum Gasteiger partial charge on any atom is 0.119 e. The molecule has 0 fully saturated rings. The standard InChI is InChI=1S/C10H13BrO/c1-8-3-4-10(12-2)7-9(8)5-6-11/h3-4,7H,5-6H2,1-2H3. The summed E-state index contributed by atoms with van der Waals surface area (Å²) in [6.07, 6.45) is 1.06. The summed E-state index contributed by atoms with van der Waals surface area (Å²) in [4.78, 5) is 0. The summed E-state index contributed by atoms with van der Waals surface area (Å²) in [5, 5.41) is 1.00. The van der Waals surface area contributed by atoms with E-state index in [1.54, 1.807) is 7.11 Å². The van der Waals surface area contributed by atoms with E-state index >= 15 is 0 Å². The molecule has 1 aromatic carbocycles. The van der Waals surface area contributed by atoms with Crippen LogP contribution in [0, 0.1) is 6.92 Å². The average molecular weight is 229 g/mol. The molecule has 0 radical (unpaired) electrons. The summed E-state index contributed by atoms with van der Waals surface area (Å²) >= 11 is 3.43. The molecule has 0 N–H and O–H groups in total. The van der Waals surface area contributed by atoms with Gasteiger partial charge >= 0.3 is 0 Å². The fourth-order valence-corrected chi connectivity index (χ4v) is 1.57. The quantitative estimate of drug-likeness (QED) is 0.724. The molecule has 0 aliphatic carbocycles. The lowest BCUT2D eigenvalue weighted by molar-refractivity contribution is 0.414. The maximum absolute atomic E-state index is 5.14. The Labute approximate surface area is 81.9 Å². The number of methoxy groups -OCH3 is 1. The number of hydrogen-bond acceptors (Lipinski definition) is 1. The fraction of sp³-hybridized carbons (Fsp3) is 0.400. The molecule has 1 rings (SSSR count). The molecule has 0 aliphatic heterocycles. The topological polar surface area (TPSA) is 9.23 Å². The third kappa shape index (κ3) is 2.24. The largest absolute Gasteiger partial charge is 0.497 e. The van der Waals surface area contributed by atoms with Crippen LogP contribution in [0.15, 0.2) is 18.2 Å². The molecular weight excluding hydrogens is 216 g/mol. The molecule has 0 saturated heterocycles. The van der Waals surface area contributed by atoms with E-state index in [9.17, 15) is 0 Å². The number of halogens is 1. The second kappa shape index (κ2) is 4.51. The van der Waals surface area contributed by atoms with E-state index in [1.165, 1.54) is 11.1 Å². The van der Waals surface area contributed by atoms with Gasteiger partial charge in [0.2, 0.25) is 0 Å². The van der Waals surface area contributed by atoms with Crippen LogP contribution in [0.2, 0.25) is 0 Å². The third-order valence-electron chi connectivity index (χ3n) is 1.92. The van der Waals surface area contributed by atoms with Gasteiger partial charge in [0, 0.05) is 5.33 Å². The average Bonchev–Trinajstić information content (AvgIpc) is 2.09. The number of ether oxygens (including phenoxy) is 1. The van der Waals surface area contributed by atoms with Crippen LogP contribution in [0.5, 0.6) is 5.75 Å². The van der Waals surface area contributed by atoms with Crippen molar-refractivity contribution in [1.82, 2.24) is 0 Å². The summed E-state index contributed by atoms with van der Waals surface area (Å²) in [5.74, 6) is 0.941. The van der Waals surface area contributed by atoms with Gasteiger partial charge in [-0.3, -0.25) is 0 Å². The molecule has 0 amide bonds. The third-order valence-corrected chi connectivity index (χ3v) is 2.32. The monoisotopic (exact) mass is 228 g/mol. The molecule has 0 aromatic heterocycles. The van der Waals surface area contributed by atoms with Gasteiger partial charge in [-0.1, -0.05) is 22.0 Å². The lowest BCUT2D eigenvalue weighted by atomic mass is 10.1. The lowest BCUT2D eigenvalue weighted by Crippen LogP contribution is -1.92. The number of rotatable bonds is 3. The van der Waals surface area contributed by atoms with Crippen molar-refractivity contribution in [3.63, 3.8) is 0 Å². The minimum absolute atomic E-state index is 0.941. The van der Waals surface area contributed by atoms with Gasteiger partial charge in [-0.2, -0.15) is 0 Å². The molecule has 0 aliphatic rings. The Morgan fingerprint density at radius 1 is 1.42 bits per heavy atom. The second-order valence-electron chi connectivity index (χ2n) is 2.73. The predicted octanol–water partition coefficient (Wildman–Crippen LogP) is 2.94. The van der Waals surface area contributed by atoms with E-state index in [0.29, 0.717) is 0 Å². The molecule has 0 atom stereocenters. The molecule has 1 nitrogen and oxygen atoms in total. The molecule has 12 heavy (non-hydrogen) atoms. The first-order valence-corrected chi connectivity index (χ1v) is 5.09. The van der Waals surface area contributed by atoms with Crippen LogP contribution in [0.3, 0.4) is 0 Å². The van der Waals surface area contributed by atoms with Crippen molar-refractivity contribution in [3.8, 4) is 5.75 Å². The minimum Gasteiger partial charge on any atom is -0.497 e. The second-order valence-corrected chi connectivity index (χ2v) is 3.52. The highest BCUT2D eigenvalue weighted by atomic mass is 79.9. The highest BCUT2D eigenvalue weighted by Crippen LogP contribution is 2.17. The van der Waals surface area contributed by atoms with E-state index in [1.807, 2.05) is 6.07 Å². The van der Waals surface area contributed by atoms with Crippen LogP contribution in [0.1, 0.15) is 11.1 Å². The zero-order valence-electron chi connectivity index (χ0n) is 7.43. The molecule has 0 heterocycles. The van der Waals surface area contributed by atoms with Crippen molar-refractivity contribution in [3.05, 3.63) is 29.3 Å². The molecular formula is C10H13BrO. The summed E-state index contributed by atoms with van der Waals surface area (Å²) in [6, 6.07) is 6.18. The first kappa shape index (κ1) is 9.59. The Bertz CT molecular complexity index is 258. The summed E-state index contributed by atoms with van der Waals surface area (Å²) in [5.41, 5.74) is 2.68. The molecule has 2 heteroatoms. The van der Waals surface area contributed by atoms with Crippen LogP contribution < -0.4 is 4.74 Å². The molecule has 0 spiro atoms. The van der Waals surface area contributed by atoms with Gasteiger partial charge < -0.3 is 4.74 Å². The van der Waals surface area contributed by atoms with Crippen molar-refractivity contribution in [2.24, 2.45) is 0 Å². The number of benzene rings is 1. The minimum atomic E-state index is 0.941. The zero-order chi connectivity index (χ0) is 8.97. The van der Waals surface area contributed by atoms with Gasteiger partial charge in [-0.25, -0.2) is 0 Å². The van der Waals surface area contributed by atoms with Gasteiger partial charge in [0.15, 0.2) is 0 Å². The molecule has 66 valence electrons. The van der Waals surface area contributed by atoms with E-state index in [2.05, 4.69) is 35.0 Å². The van der Waals surface area contributed by atoms with E-state index < -0.39 is 0 Å². The Hall–Kier alpha value is -0.500. The van der Waals surface area contributed by atoms with Crippen molar-refractivity contribution in [2.75, 3.05) is 12.4 Å². The summed E-state index contributed by atoms with van der Waals surface area (Å²) in [7, 11) is 1.70. The molecule has 0 bridgehead atoms. The van der Waals surface area contributed by atoms with Crippen LogP contribution in [-0.4, -0.2) is 12.4 Å². The SMILES string of the molecule is COc1ccc(C)c(CCBr)c1. The van der Waals surface area contributed by atoms with Gasteiger partial charge in [-0.05, 0) is 36.6 Å². The Morgan fingerprint density at radius 2 is 2.17 bits per heavy atom. The van der Waals surface area contributed by atoms with E-state index in [0.717, 1.165) is 17.5 Å². The van der Waals surface area contributed by atoms with Crippen molar-refractivity contribution in [1.29, 1.82) is 0 Å². The van der Waals surface area contributed by atoms with Crippen molar-refractivity contribution >= 4 is 15.9 Å². The Balaban J connectivity index is 2.91. The summed E-state index contributed by atoms with van der Waals surface area (Å²) < 4.78 is 5.14. The van der Waals surface area contributed by atoms with Crippen LogP contribution in [-0.2, 0) is 6.42 Å². The van der Waals surface area contributed by atoms with Crippen LogP contribution in [0.25, 0.3) is 0 Å².